The number of aliphatic hydroxyl groups is 1. The molecule has 0 aromatic heterocycles. The number of nitrogen functional groups attached to an aromatic ring is 1. The first kappa shape index (κ1) is 12.9. The predicted octanol–water partition coefficient (Wildman–Crippen LogP) is 1.61. The van der Waals surface area contributed by atoms with Gasteiger partial charge in [0.05, 0.1) is 12.1 Å². The van der Waals surface area contributed by atoms with Crippen LogP contribution in [0, 0.1) is 6.92 Å². The Morgan fingerprint density at radius 1 is 1.39 bits per heavy atom. The van der Waals surface area contributed by atoms with Crippen LogP contribution in [0.2, 0.25) is 0 Å². The lowest BCUT2D eigenvalue weighted by atomic mass is 9.92. The molecule has 1 aliphatic rings. The molecule has 0 heterocycles. The molecule has 1 fully saturated rings. The maximum Gasteiger partial charge on any atom is 0.251 e. The first-order valence-electron chi connectivity index (χ1n) is 6.43. The molecule has 2 atom stereocenters. The number of rotatable bonds is 2. The number of hydrogen-bond donors (Lipinski definition) is 3. The second-order valence-electron chi connectivity index (χ2n) is 5.00. The summed E-state index contributed by atoms with van der Waals surface area (Å²) in [5.74, 6) is -0.160. The Labute approximate surface area is 107 Å². The van der Waals surface area contributed by atoms with E-state index in [0.717, 1.165) is 31.2 Å². The molecule has 4 N–H and O–H groups in total. The van der Waals surface area contributed by atoms with Crippen LogP contribution in [-0.2, 0) is 0 Å². The molecule has 1 saturated carbocycles. The number of nitrogens with one attached hydrogen (secondary N) is 1. The molecule has 0 spiro atoms. The average molecular weight is 248 g/mol. The highest BCUT2D eigenvalue weighted by Crippen LogP contribution is 2.19. The normalized spacial score (nSPS) is 23.7. The highest BCUT2D eigenvalue weighted by molar-refractivity contribution is 5.95. The maximum absolute atomic E-state index is 12.0. The number of amides is 1. The summed E-state index contributed by atoms with van der Waals surface area (Å²) in [7, 11) is 0. The quantitative estimate of drug-likeness (QED) is 0.696. The lowest BCUT2D eigenvalue weighted by Gasteiger charge is -2.28. The van der Waals surface area contributed by atoms with E-state index in [1.54, 1.807) is 12.1 Å². The molecule has 0 radical (unpaired) electrons. The van der Waals surface area contributed by atoms with Crippen LogP contribution in [0.25, 0.3) is 0 Å². The van der Waals surface area contributed by atoms with Gasteiger partial charge in [0.1, 0.15) is 0 Å². The third kappa shape index (κ3) is 2.82. The Kier molecular flexibility index (Phi) is 3.87. The average Bonchev–Trinajstić information content (AvgIpc) is 2.35. The van der Waals surface area contributed by atoms with Crippen molar-refractivity contribution in [1.82, 2.24) is 5.32 Å². The fourth-order valence-corrected chi connectivity index (χ4v) is 2.31. The minimum atomic E-state index is -0.425. The number of aliphatic hydroxyl groups excluding tert-OH is 1. The van der Waals surface area contributed by atoms with Gasteiger partial charge in [-0.1, -0.05) is 18.9 Å². The molecule has 0 bridgehead atoms. The third-order valence-corrected chi connectivity index (χ3v) is 3.59. The van der Waals surface area contributed by atoms with E-state index in [1.165, 1.54) is 0 Å². The molecule has 1 aromatic carbocycles. The van der Waals surface area contributed by atoms with Gasteiger partial charge in [0.25, 0.3) is 5.91 Å². The van der Waals surface area contributed by atoms with E-state index in [9.17, 15) is 9.90 Å². The van der Waals surface area contributed by atoms with Crippen molar-refractivity contribution in [3.05, 3.63) is 29.3 Å². The number of nitrogens with two attached hydrogens (primary N) is 1. The summed E-state index contributed by atoms with van der Waals surface area (Å²) in [4.78, 5) is 12.0. The number of hydrogen-bond acceptors (Lipinski definition) is 3. The van der Waals surface area contributed by atoms with Gasteiger partial charge in [0.2, 0.25) is 0 Å². The van der Waals surface area contributed by atoms with Gasteiger partial charge in [0.15, 0.2) is 0 Å². The van der Waals surface area contributed by atoms with E-state index >= 15 is 0 Å². The van der Waals surface area contributed by atoms with Crippen LogP contribution in [0.4, 0.5) is 5.69 Å². The molecule has 98 valence electrons. The molecule has 0 saturated heterocycles. The maximum atomic E-state index is 12.0. The van der Waals surface area contributed by atoms with Gasteiger partial charge < -0.3 is 16.2 Å². The van der Waals surface area contributed by atoms with Crippen molar-refractivity contribution in [2.24, 2.45) is 0 Å². The highest BCUT2D eigenvalue weighted by atomic mass is 16.3. The number of carbonyl (C=O) groups is 1. The molecule has 2 rings (SSSR count). The van der Waals surface area contributed by atoms with Crippen LogP contribution in [0.1, 0.15) is 41.6 Å². The van der Waals surface area contributed by atoms with Gasteiger partial charge in [-0.2, -0.15) is 0 Å². The van der Waals surface area contributed by atoms with Crippen molar-refractivity contribution in [2.45, 2.75) is 44.8 Å². The molecule has 2 unspecified atom stereocenters. The van der Waals surface area contributed by atoms with Gasteiger partial charge in [-0.15, -0.1) is 0 Å². The zero-order valence-corrected chi connectivity index (χ0v) is 10.6. The molecule has 4 heteroatoms. The van der Waals surface area contributed by atoms with E-state index in [2.05, 4.69) is 5.32 Å². The van der Waals surface area contributed by atoms with Gasteiger partial charge in [0, 0.05) is 11.3 Å². The standard InChI is InChI=1S/C14H20N2O2/c1-9-6-7-10(8-11(9)15)14(18)16-12-4-2-3-5-13(12)17/h6-8,12-13,17H,2-5,15H2,1H3,(H,16,18). The number of aryl methyl sites for hydroxylation is 1. The lowest BCUT2D eigenvalue weighted by molar-refractivity contribution is 0.0717. The topological polar surface area (TPSA) is 75.3 Å². The fraction of sp³-hybridized carbons (Fsp3) is 0.500. The molecule has 1 amide bonds. The van der Waals surface area contributed by atoms with Crippen molar-refractivity contribution in [3.8, 4) is 0 Å². The second-order valence-corrected chi connectivity index (χ2v) is 5.00. The zero-order valence-electron chi connectivity index (χ0n) is 10.6. The molecule has 1 aromatic rings. The summed E-state index contributed by atoms with van der Waals surface area (Å²) in [5, 5.41) is 12.7. The zero-order chi connectivity index (χ0) is 13.1. The highest BCUT2D eigenvalue weighted by Gasteiger charge is 2.24. The van der Waals surface area contributed by atoms with Crippen molar-refractivity contribution in [2.75, 3.05) is 5.73 Å². The SMILES string of the molecule is Cc1ccc(C(=O)NC2CCCCC2O)cc1N. The summed E-state index contributed by atoms with van der Waals surface area (Å²) >= 11 is 0. The second kappa shape index (κ2) is 5.40. The third-order valence-electron chi connectivity index (χ3n) is 3.59. The van der Waals surface area contributed by atoms with E-state index < -0.39 is 6.10 Å². The van der Waals surface area contributed by atoms with Gasteiger partial charge in [-0.05, 0) is 37.5 Å². The number of benzene rings is 1. The van der Waals surface area contributed by atoms with Gasteiger partial charge in [-0.25, -0.2) is 0 Å². The van der Waals surface area contributed by atoms with E-state index in [0.29, 0.717) is 11.3 Å². The lowest BCUT2D eigenvalue weighted by Crippen LogP contribution is -2.45. The summed E-state index contributed by atoms with van der Waals surface area (Å²) in [6, 6.07) is 5.14. The van der Waals surface area contributed by atoms with E-state index in [4.69, 9.17) is 5.73 Å². The first-order valence-corrected chi connectivity index (χ1v) is 6.43. The molecular formula is C14H20N2O2. The summed E-state index contributed by atoms with van der Waals surface area (Å²) in [6.07, 6.45) is 3.27. The van der Waals surface area contributed by atoms with Crippen molar-refractivity contribution in [3.63, 3.8) is 0 Å². The Morgan fingerprint density at radius 2 is 2.11 bits per heavy atom. The van der Waals surface area contributed by atoms with Crippen LogP contribution in [-0.4, -0.2) is 23.2 Å². The van der Waals surface area contributed by atoms with Crippen molar-refractivity contribution < 1.29 is 9.90 Å². The largest absolute Gasteiger partial charge is 0.398 e. The van der Waals surface area contributed by atoms with Crippen molar-refractivity contribution >= 4 is 11.6 Å². The van der Waals surface area contributed by atoms with Gasteiger partial charge in [-0.3, -0.25) is 4.79 Å². The minimum absolute atomic E-state index is 0.131. The minimum Gasteiger partial charge on any atom is -0.398 e. The first-order chi connectivity index (χ1) is 8.58. The monoisotopic (exact) mass is 248 g/mol. The summed E-state index contributed by atoms with van der Waals surface area (Å²) in [5.41, 5.74) is 7.92. The molecule has 1 aliphatic carbocycles. The number of anilines is 1. The summed E-state index contributed by atoms with van der Waals surface area (Å²) < 4.78 is 0. The summed E-state index contributed by atoms with van der Waals surface area (Å²) in [6.45, 7) is 1.90. The molecule has 18 heavy (non-hydrogen) atoms. The Balaban J connectivity index is 2.04. The van der Waals surface area contributed by atoms with Crippen LogP contribution in [0.3, 0.4) is 0 Å². The van der Waals surface area contributed by atoms with E-state index in [1.807, 2.05) is 13.0 Å². The number of carbonyl (C=O) groups excluding carboxylic acids is 1. The molecular weight excluding hydrogens is 228 g/mol. The predicted molar refractivity (Wildman–Crippen MR) is 71.3 cm³/mol. The van der Waals surface area contributed by atoms with Crippen molar-refractivity contribution in [1.29, 1.82) is 0 Å². The Bertz CT molecular complexity index is 445. The van der Waals surface area contributed by atoms with Crippen LogP contribution in [0.5, 0.6) is 0 Å². The van der Waals surface area contributed by atoms with E-state index in [-0.39, 0.29) is 11.9 Å². The Morgan fingerprint density at radius 3 is 2.78 bits per heavy atom. The van der Waals surface area contributed by atoms with Gasteiger partial charge >= 0.3 is 0 Å². The Hall–Kier alpha value is -1.55. The van der Waals surface area contributed by atoms with Crippen LogP contribution in [0.15, 0.2) is 18.2 Å². The molecule has 4 nitrogen and oxygen atoms in total. The van der Waals surface area contributed by atoms with Crippen LogP contribution < -0.4 is 11.1 Å². The fourth-order valence-electron chi connectivity index (χ4n) is 2.31. The molecule has 0 aliphatic heterocycles. The van der Waals surface area contributed by atoms with Crippen LogP contribution >= 0.6 is 0 Å². The smallest absolute Gasteiger partial charge is 0.251 e.